The van der Waals surface area contributed by atoms with Gasteiger partial charge in [0.2, 0.25) is 0 Å². The Morgan fingerprint density at radius 1 is 1.50 bits per heavy atom. The Labute approximate surface area is 58.0 Å². The molecule has 1 aliphatic heterocycles. The molecule has 1 aromatic rings. The van der Waals surface area contributed by atoms with Gasteiger partial charge in [-0.3, -0.25) is 4.99 Å². The maximum Gasteiger partial charge on any atom is 0.115 e. The summed E-state index contributed by atoms with van der Waals surface area (Å²) >= 11 is 0. The SMILES string of the molecule is C1=NCc2ncncc2N1. The van der Waals surface area contributed by atoms with Gasteiger partial charge >= 0.3 is 0 Å². The van der Waals surface area contributed by atoms with Crippen LogP contribution in [0.3, 0.4) is 0 Å². The van der Waals surface area contributed by atoms with Crippen LogP contribution in [-0.4, -0.2) is 16.3 Å². The minimum absolute atomic E-state index is 0.658. The molecule has 2 rings (SSSR count). The van der Waals surface area contributed by atoms with Crippen molar-refractivity contribution in [3.05, 3.63) is 18.2 Å². The highest BCUT2D eigenvalue weighted by molar-refractivity contribution is 5.78. The summed E-state index contributed by atoms with van der Waals surface area (Å²) in [4.78, 5) is 11.9. The van der Waals surface area contributed by atoms with Crippen LogP contribution in [0, 0.1) is 0 Å². The Balaban J connectivity index is 2.47. The first-order valence-electron chi connectivity index (χ1n) is 3.00. The van der Waals surface area contributed by atoms with Crippen molar-refractivity contribution in [1.82, 2.24) is 9.97 Å². The van der Waals surface area contributed by atoms with Gasteiger partial charge < -0.3 is 5.32 Å². The second-order valence-electron chi connectivity index (χ2n) is 2.00. The van der Waals surface area contributed by atoms with Crippen LogP contribution in [0.15, 0.2) is 17.5 Å². The summed E-state index contributed by atoms with van der Waals surface area (Å²) in [5.41, 5.74) is 1.91. The summed E-state index contributed by atoms with van der Waals surface area (Å²) in [5.74, 6) is 0. The summed E-state index contributed by atoms with van der Waals surface area (Å²) in [5, 5.41) is 2.95. The largest absolute Gasteiger partial charge is 0.344 e. The van der Waals surface area contributed by atoms with E-state index in [4.69, 9.17) is 0 Å². The van der Waals surface area contributed by atoms with Gasteiger partial charge in [0.05, 0.1) is 30.5 Å². The third kappa shape index (κ3) is 0.737. The van der Waals surface area contributed by atoms with Crippen LogP contribution in [0.25, 0.3) is 0 Å². The van der Waals surface area contributed by atoms with Gasteiger partial charge in [-0.15, -0.1) is 0 Å². The van der Waals surface area contributed by atoms with Crippen LogP contribution < -0.4 is 5.32 Å². The molecule has 50 valence electrons. The molecule has 1 aromatic heterocycles. The minimum atomic E-state index is 0.658. The zero-order chi connectivity index (χ0) is 6.81. The lowest BCUT2D eigenvalue weighted by Gasteiger charge is -2.08. The minimum Gasteiger partial charge on any atom is -0.344 e. The maximum absolute atomic E-state index is 4.03. The van der Waals surface area contributed by atoms with Gasteiger partial charge in [0, 0.05) is 0 Å². The summed E-state index contributed by atoms with van der Waals surface area (Å²) in [6.45, 7) is 0.658. The summed E-state index contributed by atoms with van der Waals surface area (Å²) < 4.78 is 0. The van der Waals surface area contributed by atoms with Crippen LogP contribution >= 0.6 is 0 Å². The number of hydrogen-bond acceptors (Lipinski definition) is 4. The fraction of sp³-hybridized carbons (Fsp3) is 0.167. The molecule has 0 fully saturated rings. The highest BCUT2D eigenvalue weighted by Gasteiger charge is 2.03. The second-order valence-corrected chi connectivity index (χ2v) is 2.00. The van der Waals surface area contributed by atoms with Gasteiger partial charge in [-0.1, -0.05) is 0 Å². The third-order valence-electron chi connectivity index (χ3n) is 1.35. The van der Waals surface area contributed by atoms with Gasteiger partial charge in [0.1, 0.15) is 6.33 Å². The molecular weight excluding hydrogens is 128 g/mol. The Kier molecular flexibility index (Phi) is 1.10. The predicted molar refractivity (Wildman–Crippen MR) is 37.9 cm³/mol. The number of anilines is 1. The van der Waals surface area contributed by atoms with Crippen molar-refractivity contribution < 1.29 is 0 Å². The molecule has 0 atom stereocenters. The first-order valence-corrected chi connectivity index (χ1v) is 3.00. The van der Waals surface area contributed by atoms with Gasteiger partial charge in [-0.2, -0.15) is 0 Å². The van der Waals surface area contributed by atoms with E-state index in [-0.39, 0.29) is 0 Å². The molecule has 0 aliphatic carbocycles. The van der Waals surface area contributed by atoms with E-state index in [1.165, 1.54) is 6.33 Å². The number of aliphatic imine (C=N–C) groups is 1. The smallest absolute Gasteiger partial charge is 0.115 e. The summed E-state index contributed by atoms with van der Waals surface area (Å²) in [7, 11) is 0. The van der Waals surface area contributed by atoms with E-state index in [1.54, 1.807) is 12.5 Å². The monoisotopic (exact) mass is 134 g/mol. The lowest BCUT2D eigenvalue weighted by Crippen LogP contribution is -2.06. The highest BCUT2D eigenvalue weighted by atomic mass is 15.0. The molecule has 0 saturated heterocycles. The van der Waals surface area contributed by atoms with Crippen LogP contribution in [-0.2, 0) is 6.54 Å². The van der Waals surface area contributed by atoms with Crippen LogP contribution in [0.4, 0.5) is 5.69 Å². The molecular formula is C6H6N4. The van der Waals surface area contributed by atoms with Crippen LogP contribution in [0.2, 0.25) is 0 Å². The quantitative estimate of drug-likeness (QED) is 0.559. The molecule has 1 aliphatic rings. The molecule has 10 heavy (non-hydrogen) atoms. The number of fused-ring (bicyclic) bond motifs is 1. The lowest BCUT2D eigenvalue weighted by molar-refractivity contribution is 0.958. The van der Waals surface area contributed by atoms with E-state index >= 15 is 0 Å². The van der Waals surface area contributed by atoms with Crippen molar-refractivity contribution in [3.63, 3.8) is 0 Å². The fourth-order valence-electron chi connectivity index (χ4n) is 0.849. The van der Waals surface area contributed by atoms with Gasteiger partial charge in [0.15, 0.2) is 0 Å². The topological polar surface area (TPSA) is 50.2 Å². The zero-order valence-electron chi connectivity index (χ0n) is 5.28. The van der Waals surface area contributed by atoms with Crippen molar-refractivity contribution in [3.8, 4) is 0 Å². The van der Waals surface area contributed by atoms with Crippen molar-refractivity contribution >= 4 is 12.0 Å². The van der Waals surface area contributed by atoms with Gasteiger partial charge in [-0.05, 0) is 0 Å². The summed E-state index contributed by atoms with van der Waals surface area (Å²) in [6.07, 6.45) is 4.93. The van der Waals surface area contributed by atoms with Crippen molar-refractivity contribution in [2.45, 2.75) is 6.54 Å². The normalized spacial score (nSPS) is 14.0. The molecule has 0 saturated carbocycles. The van der Waals surface area contributed by atoms with E-state index in [0.29, 0.717) is 6.54 Å². The average molecular weight is 134 g/mol. The molecule has 0 aromatic carbocycles. The lowest BCUT2D eigenvalue weighted by atomic mass is 10.3. The third-order valence-corrected chi connectivity index (χ3v) is 1.35. The summed E-state index contributed by atoms with van der Waals surface area (Å²) in [6, 6.07) is 0. The first kappa shape index (κ1) is 5.34. The molecule has 4 nitrogen and oxygen atoms in total. The molecule has 2 heterocycles. The first-order chi connectivity index (χ1) is 4.97. The number of rotatable bonds is 0. The van der Waals surface area contributed by atoms with E-state index in [2.05, 4.69) is 20.3 Å². The molecule has 0 unspecified atom stereocenters. The van der Waals surface area contributed by atoms with Crippen molar-refractivity contribution in [2.75, 3.05) is 5.32 Å². The predicted octanol–water partition coefficient (Wildman–Crippen LogP) is 0.430. The number of nitrogens with one attached hydrogen (secondary N) is 1. The van der Waals surface area contributed by atoms with Crippen LogP contribution in [0.5, 0.6) is 0 Å². The zero-order valence-corrected chi connectivity index (χ0v) is 5.28. The average Bonchev–Trinajstić information content (AvgIpc) is 2.05. The highest BCUT2D eigenvalue weighted by Crippen LogP contribution is 2.12. The fourth-order valence-corrected chi connectivity index (χ4v) is 0.849. The van der Waals surface area contributed by atoms with Crippen molar-refractivity contribution in [2.24, 2.45) is 4.99 Å². The Morgan fingerprint density at radius 3 is 3.40 bits per heavy atom. The van der Waals surface area contributed by atoms with Gasteiger partial charge in [-0.25, -0.2) is 9.97 Å². The van der Waals surface area contributed by atoms with E-state index in [1.807, 2.05) is 0 Å². The molecule has 4 heteroatoms. The van der Waals surface area contributed by atoms with E-state index < -0.39 is 0 Å². The Hall–Kier alpha value is -1.45. The van der Waals surface area contributed by atoms with Crippen molar-refractivity contribution in [1.29, 1.82) is 0 Å². The number of nitrogens with zero attached hydrogens (tertiary/aromatic N) is 3. The van der Waals surface area contributed by atoms with Crippen LogP contribution in [0.1, 0.15) is 5.69 Å². The second kappa shape index (κ2) is 2.06. The molecule has 0 amide bonds. The Morgan fingerprint density at radius 2 is 2.50 bits per heavy atom. The maximum atomic E-state index is 4.03. The number of hydrogen-bond donors (Lipinski definition) is 1. The van der Waals surface area contributed by atoms with Gasteiger partial charge in [0.25, 0.3) is 0 Å². The van der Waals surface area contributed by atoms with E-state index in [0.717, 1.165) is 11.4 Å². The molecule has 1 N–H and O–H groups in total. The Bertz CT molecular complexity index is 241. The van der Waals surface area contributed by atoms with E-state index in [9.17, 15) is 0 Å². The molecule has 0 bridgehead atoms. The molecule has 0 radical (unpaired) electrons. The standard InChI is InChI=1S/C6H6N4/c1-5-6(10-3-7-1)2-8-4-9-5/h1,3-4H,2H2,(H,8,9). The molecule has 0 spiro atoms. The number of aromatic nitrogens is 2.